The van der Waals surface area contributed by atoms with Gasteiger partial charge in [0.15, 0.2) is 0 Å². The molecule has 2 aromatic heterocycles. The second-order valence-electron chi connectivity index (χ2n) is 6.67. The maximum atomic E-state index is 13.0. The zero-order valence-electron chi connectivity index (χ0n) is 14.8. The molecule has 132 valence electrons. The number of nitrogens with zero attached hydrogens (tertiary/aromatic N) is 3. The highest BCUT2D eigenvalue weighted by Crippen LogP contribution is 2.32. The van der Waals surface area contributed by atoms with E-state index in [4.69, 9.17) is 4.42 Å². The topological polar surface area (TPSA) is 59.2 Å². The lowest BCUT2D eigenvalue weighted by molar-refractivity contribution is -0.124. The van der Waals surface area contributed by atoms with Crippen LogP contribution in [0, 0.1) is 12.8 Å². The van der Waals surface area contributed by atoms with Gasteiger partial charge < -0.3 is 9.32 Å². The van der Waals surface area contributed by atoms with Gasteiger partial charge in [-0.15, -0.1) is 0 Å². The fraction of sp³-hybridized carbons (Fsp3) is 0.286. The van der Waals surface area contributed by atoms with Crippen molar-refractivity contribution < 1.29 is 9.21 Å². The van der Waals surface area contributed by atoms with E-state index in [0.29, 0.717) is 6.54 Å². The van der Waals surface area contributed by atoms with Crippen molar-refractivity contribution in [1.29, 1.82) is 0 Å². The third-order valence-corrected chi connectivity index (χ3v) is 4.84. The van der Waals surface area contributed by atoms with Crippen LogP contribution in [0.4, 0.5) is 5.69 Å². The van der Waals surface area contributed by atoms with E-state index < -0.39 is 0 Å². The molecule has 2 heterocycles. The lowest BCUT2D eigenvalue weighted by Crippen LogP contribution is -2.38. The van der Waals surface area contributed by atoms with Gasteiger partial charge in [0.25, 0.3) is 0 Å². The SMILES string of the molecule is Cc1nccc(-c2cccc(N(Cc3ccco3)C(=O)C3CCC3)c2)n1. The Morgan fingerprint density at radius 1 is 1.23 bits per heavy atom. The first-order chi connectivity index (χ1) is 12.7. The van der Waals surface area contributed by atoms with Gasteiger partial charge in [-0.3, -0.25) is 4.79 Å². The Morgan fingerprint density at radius 3 is 2.81 bits per heavy atom. The fourth-order valence-corrected chi connectivity index (χ4v) is 3.18. The molecule has 0 bridgehead atoms. The van der Waals surface area contributed by atoms with Crippen LogP contribution in [0.1, 0.15) is 30.8 Å². The number of hydrogen-bond acceptors (Lipinski definition) is 4. The van der Waals surface area contributed by atoms with E-state index in [1.165, 1.54) is 0 Å². The third-order valence-electron chi connectivity index (χ3n) is 4.84. The van der Waals surface area contributed by atoms with Crippen LogP contribution in [0.15, 0.2) is 59.3 Å². The molecule has 3 aromatic rings. The molecule has 4 rings (SSSR count). The summed E-state index contributed by atoms with van der Waals surface area (Å²) in [6.45, 7) is 2.31. The summed E-state index contributed by atoms with van der Waals surface area (Å²) in [6, 6.07) is 13.6. The number of carbonyl (C=O) groups is 1. The van der Waals surface area contributed by atoms with Gasteiger partial charge >= 0.3 is 0 Å². The maximum Gasteiger partial charge on any atom is 0.230 e. The molecule has 0 saturated heterocycles. The van der Waals surface area contributed by atoms with Gasteiger partial charge in [-0.25, -0.2) is 9.97 Å². The normalized spacial score (nSPS) is 14.0. The Hall–Kier alpha value is -2.95. The minimum atomic E-state index is 0.120. The highest BCUT2D eigenvalue weighted by Gasteiger charge is 2.30. The summed E-state index contributed by atoms with van der Waals surface area (Å²) in [5, 5.41) is 0. The molecule has 5 nitrogen and oxygen atoms in total. The minimum absolute atomic E-state index is 0.120. The molecule has 0 atom stereocenters. The summed E-state index contributed by atoms with van der Waals surface area (Å²) < 4.78 is 5.48. The van der Waals surface area contributed by atoms with Crippen LogP contribution in [0.2, 0.25) is 0 Å². The van der Waals surface area contributed by atoms with Crippen LogP contribution >= 0.6 is 0 Å². The van der Waals surface area contributed by atoms with E-state index in [1.54, 1.807) is 12.5 Å². The summed E-state index contributed by atoms with van der Waals surface area (Å²) in [6.07, 6.45) is 6.47. The average molecular weight is 347 g/mol. The quantitative estimate of drug-likeness (QED) is 0.687. The molecule has 26 heavy (non-hydrogen) atoms. The van der Waals surface area contributed by atoms with Crippen molar-refractivity contribution in [2.24, 2.45) is 5.92 Å². The Labute approximate surface area is 152 Å². The Balaban J connectivity index is 1.68. The van der Waals surface area contributed by atoms with Crippen LogP contribution < -0.4 is 4.90 Å². The van der Waals surface area contributed by atoms with Crippen LogP contribution in [0.3, 0.4) is 0 Å². The minimum Gasteiger partial charge on any atom is -0.467 e. The van der Waals surface area contributed by atoms with Crippen molar-refractivity contribution in [1.82, 2.24) is 9.97 Å². The maximum absolute atomic E-state index is 13.0. The molecule has 1 saturated carbocycles. The first-order valence-electron chi connectivity index (χ1n) is 8.94. The van der Waals surface area contributed by atoms with E-state index in [-0.39, 0.29) is 11.8 Å². The average Bonchev–Trinajstić information content (AvgIpc) is 3.11. The van der Waals surface area contributed by atoms with Crippen molar-refractivity contribution in [2.75, 3.05) is 4.90 Å². The molecular weight excluding hydrogens is 326 g/mol. The number of rotatable bonds is 5. The summed E-state index contributed by atoms with van der Waals surface area (Å²) in [5.74, 6) is 1.80. The van der Waals surface area contributed by atoms with E-state index in [9.17, 15) is 4.79 Å². The highest BCUT2D eigenvalue weighted by atomic mass is 16.3. The number of aryl methyl sites for hydroxylation is 1. The fourth-order valence-electron chi connectivity index (χ4n) is 3.18. The van der Waals surface area contributed by atoms with Gasteiger partial charge in [0, 0.05) is 23.4 Å². The summed E-state index contributed by atoms with van der Waals surface area (Å²) >= 11 is 0. The molecule has 1 amide bonds. The molecule has 1 aliphatic rings. The van der Waals surface area contributed by atoms with Gasteiger partial charge in [-0.2, -0.15) is 0 Å². The van der Waals surface area contributed by atoms with Crippen molar-refractivity contribution in [2.45, 2.75) is 32.7 Å². The van der Waals surface area contributed by atoms with Crippen LogP contribution in [-0.2, 0) is 11.3 Å². The Kier molecular flexibility index (Phi) is 4.52. The standard InChI is InChI=1S/C21H21N3O2/c1-15-22-11-10-20(23-15)17-7-3-8-18(13-17)24(14-19-9-4-12-26-19)21(25)16-5-2-6-16/h3-4,7-13,16H,2,5-6,14H2,1H3. The van der Waals surface area contributed by atoms with E-state index in [1.807, 2.05) is 54.3 Å². The van der Waals surface area contributed by atoms with Crippen LogP contribution in [0.25, 0.3) is 11.3 Å². The molecule has 0 N–H and O–H groups in total. The van der Waals surface area contributed by atoms with Gasteiger partial charge in [0.2, 0.25) is 5.91 Å². The molecular formula is C21H21N3O2. The van der Waals surface area contributed by atoms with Crippen molar-refractivity contribution in [3.63, 3.8) is 0 Å². The third kappa shape index (κ3) is 3.38. The smallest absolute Gasteiger partial charge is 0.230 e. The number of carbonyl (C=O) groups excluding carboxylic acids is 1. The highest BCUT2D eigenvalue weighted by molar-refractivity contribution is 5.95. The van der Waals surface area contributed by atoms with Gasteiger partial charge in [0.1, 0.15) is 11.6 Å². The van der Waals surface area contributed by atoms with Gasteiger partial charge in [-0.05, 0) is 50.1 Å². The molecule has 5 heteroatoms. The molecule has 1 aromatic carbocycles. The lowest BCUT2D eigenvalue weighted by Gasteiger charge is -2.31. The number of aromatic nitrogens is 2. The molecule has 1 aliphatic carbocycles. The largest absolute Gasteiger partial charge is 0.467 e. The number of benzene rings is 1. The lowest BCUT2D eigenvalue weighted by atomic mass is 9.84. The summed E-state index contributed by atoms with van der Waals surface area (Å²) in [5.41, 5.74) is 2.69. The van der Waals surface area contributed by atoms with E-state index in [0.717, 1.165) is 47.8 Å². The second kappa shape index (κ2) is 7.12. The van der Waals surface area contributed by atoms with E-state index in [2.05, 4.69) is 9.97 Å². The zero-order chi connectivity index (χ0) is 17.9. The Bertz CT molecular complexity index is 901. The number of anilines is 1. The first kappa shape index (κ1) is 16.5. The van der Waals surface area contributed by atoms with Crippen LogP contribution in [-0.4, -0.2) is 15.9 Å². The number of hydrogen-bond donors (Lipinski definition) is 0. The van der Waals surface area contributed by atoms with Gasteiger partial charge in [0.05, 0.1) is 18.5 Å². The van der Waals surface area contributed by atoms with Crippen molar-refractivity contribution >= 4 is 11.6 Å². The zero-order valence-corrected chi connectivity index (χ0v) is 14.8. The predicted octanol–water partition coefficient (Wildman–Crippen LogP) is 4.38. The molecule has 1 fully saturated rings. The summed E-state index contributed by atoms with van der Waals surface area (Å²) in [4.78, 5) is 23.5. The monoisotopic (exact) mass is 347 g/mol. The number of furan rings is 1. The molecule has 0 unspecified atom stereocenters. The van der Waals surface area contributed by atoms with Crippen LogP contribution in [0.5, 0.6) is 0 Å². The Morgan fingerprint density at radius 2 is 2.12 bits per heavy atom. The molecule has 0 aliphatic heterocycles. The summed E-state index contributed by atoms with van der Waals surface area (Å²) in [7, 11) is 0. The van der Waals surface area contributed by atoms with Gasteiger partial charge in [-0.1, -0.05) is 18.6 Å². The van der Waals surface area contributed by atoms with Crippen molar-refractivity contribution in [3.05, 3.63) is 66.5 Å². The van der Waals surface area contributed by atoms with E-state index >= 15 is 0 Å². The molecule has 0 spiro atoms. The first-order valence-corrected chi connectivity index (χ1v) is 8.94. The van der Waals surface area contributed by atoms with Crippen molar-refractivity contribution in [3.8, 4) is 11.3 Å². The second-order valence-corrected chi connectivity index (χ2v) is 6.67. The molecule has 0 radical (unpaired) electrons. The number of amides is 1. The predicted molar refractivity (Wildman–Crippen MR) is 99.4 cm³/mol.